The lowest BCUT2D eigenvalue weighted by atomic mass is 9.96. The van der Waals surface area contributed by atoms with Crippen LogP contribution in [0.25, 0.3) is 0 Å². The third-order valence-corrected chi connectivity index (χ3v) is 4.55. The molecule has 1 heterocycles. The van der Waals surface area contributed by atoms with E-state index in [0.29, 0.717) is 17.5 Å². The molecule has 25 heavy (non-hydrogen) atoms. The quantitative estimate of drug-likeness (QED) is 0.601. The molecule has 1 aromatic carbocycles. The fourth-order valence-corrected chi connectivity index (χ4v) is 2.87. The molecule has 0 aliphatic carbocycles. The molecule has 0 saturated heterocycles. The van der Waals surface area contributed by atoms with Crippen LogP contribution in [0.15, 0.2) is 29.4 Å². The van der Waals surface area contributed by atoms with Crippen molar-refractivity contribution in [3.63, 3.8) is 0 Å². The molecule has 0 radical (unpaired) electrons. The summed E-state index contributed by atoms with van der Waals surface area (Å²) in [5, 5.41) is 11.6. The summed E-state index contributed by atoms with van der Waals surface area (Å²) in [7, 11) is 3.99. The number of carbonyl (C=O) groups is 1. The highest BCUT2D eigenvalue weighted by Gasteiger charge is 2.23. The number of hydrogen-bond donors (Lipinski definition) is 2. The van der Waals surface area contributed by atoms with Gasteiger partial charge in [-0.3, -0.25) is 4.79 Å². The Morgan fingerprint density at radius 1 is 1.24 bits per heavy atom. The molecule has 0 spiro atoms. The summed E-state index contributed by atoms with van der Waals surface area (Å²) in [5.74, 6) is 6.88. The Bertz CT molecular complexity index is 718. The van der Waals surface area contributed by atoms with Crippen molar-refractivity contribution >= 4 is 23.4 Å². The van der Waals surface area contributed by atoms with Gasteiger partial charge >= 0.3 is 0 Å². The number of rotatable bonds is 6. The molecular formula is C17H26N6OS. The fourth-order valence-electron chi connectivity index (χ4n) is 2.18. The van der Waals surface area contributed by atoms with Gasteiger partial charge in [-0.15, -0.1) is 10.2 Å². The lowest BCUT2D eigenvalue weighted by Crippen LogP contribution is -2.26. The second kappa shape index (κ2) is 7.77. The highest BCUT2D eigenvalue weighted by Crippen LogP contribution is 2.23. The maximum absolute atomic E-state index is 12.0. The molecule has 3 N–H and O–H groups in total. The fraction of sp³-hybridized carbons (Fsp3) is 0.471. The van der Waals surface area contributed by atoms with Crippen molar-refractivity contribution in [1.82, 2.24) is 20.2 Å². The Hall–Kier alpha value is -2.22. The second-order valence-corrected chi connectivity index (χ2v) is 7.99. The van der Waals surface area contributed by atoms with Crippen LogP contribution in [-0.4, -0.2) is 40.6 Å². The van der Waals surface area contributed by atoms with Crippen LogP contribution in [0.3, 0.4) is 0 Å². The van der Waals surface area contributed by atoms with Crippen molar-refractivity contribution in [2.45, 2.75) is 37.9 Å². The lowest BCUT2D eigenvalue weighted by Gasteiger charge is -2.16. The number of aromatic nitrogens is 3. The number of anilines is 1. The van der Waals surface area contributed by atoms with E-state index in [2.05, 4.69) is 15.5 Å². The number of nitrogens with two attached hydrogens (primary N) is 1. The number of carbonyl (C=O) groups excluding carboxylic acids is 1. The number of amides is 1. The molecule has 0 bridgehead atoms. The Morgan fingerprint density at radius 3 is 2.40 bits per heavy atom. The maximum atomic E-state index is 12.0. The van der Waals surface area contributed by atoms with Crippen molar-refractivity contribution < 1.29 is 4.79 Å². The van der Waals surface area contributed by atoms with Gasteiger partial charge in [0, 0.05) is 31.7 Å². The Morgan fingerprint density at radius 2 is 1.88 bits per heavy atom. The van der Waals surface area contributed by atoms with Crippen molar-refractivity contribution in [2.24, 2.45) is 0 Å². The van der Waals surface area contributed by atoms with Crippen LogP contribution in [0.5, 0.6) is 0 Å². The van der Waals surface area contributed by atoms with Gasteiger partial charge in [0.15, 0.2) is 5.82 Å². The van der Waals surface area contributed by atoms with Crippen LogP contribution in [0.1, 0.15) is 32.2 Å². The molecule has 0 fully saturated rings. The Kier molecular flexibility index (Phi) is 5.94. The lowest BCUT2D eigenvalue weighted by molar-refractivity contribution is -0.118. The average Bonchev–Trinajstić information content (AvgIpc) is 2.92. The standard InChI is InChI=1S/C17H26N6OS/c1-17(2,3)15-20-21-16(23(15)18)25-11-14(24)19-10-12-6-8-13(9-7-12)22(4)5/h6-9H,10-11,18H2,1-5H3,(H,19,24). The van der Waals surface area contributed by atoms with Gasteiger partial charge in [-0.05, 0) is 17.7 Å². The number of benzene rings is 1. The minimum Gasteiger partial charge on any atom is -0.378 e. The molecule has 1 amide bonds. The van der Waals surface area contributed by atoms with E-state index in [4.69, 9.17) is 5.84 Å². The number of thioether (sulfide) groups is 1. The molecular weight excluding hydrogens is 336 g/mol. The smallest absolute Gasteiger partial charge is 0.230 e. The highest BCUT2D eigenvalue weighted by atomic mass is 32.2. The third kappa shape index (κ3) is 5.12. The van der Waals surface area contributed by atoms with Crippen LogP contribution in [0.4, 0.5) is 5.69 Å². The number of nitrogens with zero attached hydrogens (tertiary/aromatic N) is 4. The van der Waals surface area contributed by atoms with E-state index in [0.717, 1.165) is 11.3 Å². The largest absolute Gasteiger partial charge is 0.378 e. The predicted octanol–water partition coefficient (Wildman–Crippen LogP) is 1.76. The molecule has 136 valence electrons. The van der Waals surface area contributed by atoms with E-state index in [9.17, 15) is 4.79 Å². The topological polar surface area (TPSA) is 89.1 Å². The zero-order valence-electron chi connectivity index (χ0n) is 15.4. The molecule has 0 atom stereocenters. The van der Waals surface area contributed by atoms with Crippen LogP contribution in [0, 0.1) is 0 Å². The van der Waals surface area contributed by atoms with Crippen molar-refractivity contribution in [3.8, 4) is 0 Å². The van der Waals surface area contributed by atoms with Crippen LogP contribution < -0.4 is 16.1 Å². The summed E-state index contributed by atoms with van der Waals surface area (Å²) in [4.78, 5) is 14.1. The predicted molar refractivity (Wildman–Crippen MR) is 102 cm³/mol. The maximum Gasteiger partial charge on any atom is 0.230 e. The number of nitrogens with one attached hydrogen (secondary N) is 1. The third-order valence-electron chi connectivity index (χ3n) is 3.61. The summed E-state index contributed by atoms with van der Waals surface area (Å²) < 4.78 is 1.46. The number of hydrogen-bond acceptors (Lipinski definition) is 6. The van der Waals surface area contributed by atoms with Gasteiger partial charge in [0.25, 0.3) is 0 Å². The van der Waals surface area contributed by atoms with E-state index in [1.54, 1.807) is 0 Å². The molecule has 0 saturated carbocycles. The monoisotopic (exact) mass is 362 g/mol. The van der Waals surface area contributed by atoms with Crippen LogP contribution in [0.2, 0.25) is 0 Å². The van der Waals surface area contributed by atoms with Crippen molar-refractivity contribution in [1.29, 1.82) is 0 Å². The van der Waals surface area contributed by atoms with Gasteiger partial charge in [0.05, 0.1) is 5.75 Å². The van der Waals surface area contributed by atoms with Crippen molar-refractivity contribution in [3.05, 3.63) is 35.7 Å². The minimum absolute atomic E-state index is 0.0676. The molecule has 2 rings (SSSR count). The van der Waals surface area contributed by atoms with Gasteiger partial charge in [0.1, 0.15) is 0 Å². The molecule has 0 unspecified atom stereocenters. The minimum atomic E-state index is -0.193. The van der Waals surface area contributed by atoms with Crippen LogP contribution >= 0.6 is 11.8 Å². The van der Waals surface area contributed by atoms with Gasteiger partial charge in [-0.1, -0.05) is 44.7 Å². The van der Waals surface area contributed by atoms with Gasteiger partial charge in [0.2, 0.25) is 11.1 Å². The molecule has 0 aliphatic rings. The van der Waals surface area contributed by atoms with Gasteiger partial charge in [-0.25, -0.2) is 4.68 Å². The highest BCUT2D eigenvalue weighted by molar-refractivity contribution is 7.99. The van der Waals surface area contributed by atoms with Gasteiger partial charge in [-0.2, -0.15) is 0 Å². The van der Waals surface area contributed by atoms with E-state index >= 15 is 0 Å². The molecule has 8 heteroatoms. The first-order valence-electron chi connectivity index (χ1n) is 8.05. The zero-order chi connectivity index (χ0) is 18.6. The average molecular weight is 363 g/mol. The summed E-state index contributed by atoms with van der Waals surface area (Å²) in [6, 6.07) is 8.08. The van der Waals surface area contributed by atoms with Crippen molar-refractivity contribution in [2.75, 3.05) is 30.6 Å². The summed E-state index contributed by atoms with van der Waals surface area (Å²) in [5.41, 5.74) is 1.99. The first-order chi connectivity index (χ1) is 11.7. The summed E-state index contributed by atoms with van der Waals surface area (Å²) >= 11 is 1.28. The molecule has 0 aliphatic heterocycles. The SMILES string of the molecule is CN(C)c1ccc(CNC(=O)CSc2nnc(C(C)(C)C)n2N)cc1. The summed E-state index contributed by atoms with van der Waals surface area (Å²) in [6.07, 6.45) is 0. The van der Waals surface area contributed by atoms with E-state index < -0.39 is 0 Å². The van der Waals surface area contributed by atoms with E-state index in [1.807, 2.05) is 64.0 Å². The zero-order valence-corrected chi connectivity index (χ0v) is 16.2. The molecule has 2 aromatic rings. The molecule has 7 nitrogen and oxygen atoms in total. The normalized spacial score (nSPS) is 11.4. The van der Waals surface area contributed by atoms with Gasteiger partial charge < -0.3 is 16.1 Å². The Balaban J connectivity index is 1.84. The summed E-state index contributed by atoms with van der Waals surface area (Å²) in [6.45, 7) is 6.55. The van der Waals surface area contributed by atoms with E-state index in [1.165, 1.54) is 16.4 Å². The second-order valence-electron chi connectivity index (χ2n) is 7.05. The first kappa shape index (κ1) is 19.1. The first-order valence-corrected chi connectivity index (χ1v) is 9.04. The van der Waals surface area contributed by atoms with E-state index in [-0.39, 0.29) is 17.1 Å². The van der Waals surface area contributed by atoms with Crippen LogP contribution in [-0.2, 0) is 16.8 Å². The Labute approximate surface area is 153 Å². The number of nitrogen functional groups attached to an aromatic ring is 1. The molecule has 1 aromatic heterocycles.